The van der Waals surface area contributed by atoms with Gasteiger partial charge < -0.3 is 4.90 Å². The molecule has 0 aromatic heterocycles. The molecule has 0 bridgehead atoms. The van der Waals surface area contributed by atoms with E-state index in [0.29, 0.717) is 12.1 Å². The van der Waals surface area contributed by atoms with Gasteiger partial charge in [-0.1, -0.05) is 29.4 Å². The van der Waals surface area contributed by atoms with Crippen molar-refractivity contribution in [2.45, 2.75) is 24.9 Å². The average molecular weight is 265 g/mol. The molecule has 1 aromatic rings. The summed E-state index contributed by atoms with van der Waals surface area (Å²) in [5.74, 6) is 1.19. The first-order chi connectivity index (χ1) is 8.33. The van der Waals surface area contributed by atoms with Crippen LogP contribution in [0.1, 0.15) is 23.6 Å². The fraction of sp³-hybridized carbons (Fsp3) is 0.462. The first kappa shape index (κ1) is 10.3. The average Bonchev–Trinajstić information content (AvgIpc) is 2.88. The van der Waals surface area contributed by atoms with Gasteiger partial charge in [-0.2, -0.15) is 0 Å². The van der Waals surface area contributed by atoms with Crippen LogP contribution in [0.4, 0.5) is 0 Å². The van der Waals surface area contributed by atoms with Gasteiger partial charge in [-0.3, -0.25) is 4.99 Å². The summed E-state index contributed by atoms with van der Waals surface area (Å²) in [6, 6.07) is 7.32. The van der Waals surface area contributed by atoms with Gasteiger partial charge in [0.15, 0.2) is 5.17 Å². The van der Waals surface area contributed by atoms with Crippen molar-refractivity contribution in [2.75, 3.05) is 12.3 Å². The third-order valence-electron chi connectivity index (χ3n) is 3.92. The zero-order valence-electron chi connectivity index (χ0n) is 9.40. The number of nitrogens with zero attached hydrogens (tertiary/aromatic N) is 2. The van der Waals surface area contributed by atoms with E-state index in [4.69, 9.17) is 16.6 Å². The summed E-state index contributed by atoms with van der Waals surface area (Å²) in [7, 11) is 0. The summed E-state index contributed by atoms with van der Waals surface area (Å²) < 4.78 is 0. The van der Waals surface area contributed by atoms with Crippen LogP contribution in [0.5, 0.6) is 0 Å². The molecule has 3 aliphatic rings. The molecule has 1 fully saturated rings. The van der Waals surface area contributed by atoms with Crippen molar-refractivity contribution in [3.8, 4) is 0 Å². The van der Waals surface area contributed by atoms with Crippen LogP contribution in [0.15, 0.2) is 23.2 Å². The Labute approximate surface area is 110 Å². The predicted molar refractivity (Wildman–Crippen MR) is 72.9 cm³/mol. The van der Waals surface area contributed by atoms with Crippen molar-refractivity contribution in [3.63, 3.8) is 0 Å². The maximum atomic E-state index is 6.08. The van der Waals surface area contributed by atoms with E-state index in [2.05, 4.69) is 17.0 Å². The van der Waals surface area contributed by atoms with Gasteiger partial charge in [0.25, 0.3) is 0 Å². The number of hydrogen-bond donors (Lipinski definition) is 0. The number of amidine groups is 1. The van der Waals surface area contributed by atoms with E-state index in [1.54, 1.807) is 0 Å². The molecule has 0 N–H and O–H groups in total. The minimum atomic E-state index is 0.478. The maximum absolute atomic E-state index is 6.08. The molecule has 1 saturated heterocycles. The van der Waals surface area contributed by atoms with E-state index in [0.717, 1.165) is 18.0 Å². The minimum Gasteiger partial charge on any atom is -0.341 e. The summed E-state index contributed by atoms with van der Waals surface area (Å²) in [5.41, 5.74) is 2.87. The number of halogens is 1. The number of aryl methyl sites for hydroxylation is 1. The molecule has 2 nitrogen and oxygen atoms in total. The molecule has 4 rings (SSSR count). The number of rotatable bonds is 0. The van der Waals surface area contributed by atoms with E-state index in [9.17, 15) is 0 Å². The molecule has 0 unspecified atom stereocenters. The van der Waals surface area contributed by atoms with Gasteiger partial charge in [-0.25, -0.2) is 0 Å². The summed E-state index contributed by atoms with van der Waals surface area (Å²) in [6.45, 7) is 1.15. The Morgan fingerprint density at radius 3 is 3.29 bits per heavy atom. The fourth-order valence-corrected chi connectivity index (χ4v) is 4.43. The molecule has 0 amide bonds. The predicted octanol–water partition coefficient (Wildman–Crippen LogP) is 3.11. The highest BCUT2D eigenvalue weighted by atomic mass is 35.5. The van der Waals surface area contributed by atoms with Gasteiger partial charge in [-0.15, -0.1) is 0 Å². The molecule has 1 aromatic carbocycles. The van der Waals surface area contributed by atoms with Crippen molar-refractivity contribution in [3.05, 3.63) is 34.3 Å². The second-order valence-electron chi connectivity index (χ2n) is 4.85. The zero-order chi connectivity index (χ0) is 11.4. The summed E-state index contributed by atoms with van der Waals surface area (Å²) in [6.07, 6.45) is 2.28. The van der Waals surface area contributed by atoms with Gasteiger partial charge in [-0.05, 0) is 36.1 Å². The summed E-state index contributed by atoms with van der Waals surface area (Å²) >= 11 is 7.99. The van der Waals surface area contributed by atoms with Crippen LogP contribution < -0.4 is 0 Å². The van der Waals surface area contributed by atoms with Crippen molar-refractivity contribution in [2.24, 2.45) is 4.99 Å². The molecule has 0 saturated carbocycles. The maximum Gasteiger partial charge on any atom is 0.160 e. The lowest BCUT2D eigenvalue weighted by atomic mass is 9.84. The standard InChI is InChI=1S/C13H13ClN2S/c14-9-2-3-10-8(7-9)1-4-11-12(10)16-5-6-17-13(16)15-11/h2-3,7,11-12H,1,4-6H2/t11-,12+/m0/s1. The van der Waals surface area contributed by atoms with Crippen molar-refractivity contribution < 1.29 is 0 Å². The van der Waals surface area contributed by atoms with Crippen LogP contribution in [0.3, 0.4) is 0 Å². The Morgan fingerprint density at radius 1 is 1.41 bits per heavy atom. The van der Waals surface area contributed by atoms with Crippen LogP contribution in [0.25, 0.3) is 0 Å². The minimum absolute atomic E-state index is 0.478. The van der Waals surface area contributed by atoms with Crippen LogP contribution >= 0.6 is 23.4 Å². The Kier molecular flexibility index (Phi) is 2.21. The summed E-state index contributed by atoms with van der Waals surface area (Å²) in [4.78, 5) is 7.35. The molecule has 2 aliphatic heterocycles. The fourth-order valence-electron chi connectivity index (χ4n) is 3.18. The van der Waals surface area contributed by atoms with E-state index >= 15 is 0 Å². The number of fused-ring (bicyclic) bond motifs is 5. The monoisotopic (exact) mass is 264 g/mol. The molecule has 4 heteroatoms. The SMILES string of the molecule is Clc1ccc2c(c1)CC[C@@H]1N=C3SCCN3[C@H]21. The molecule has 17 heavy (non-hydrogen) atoms. The Balaban J connectivity index is 1.81. The van der Waals surface area contributed by atoms with E-state index in [-0.39, 0.29) is 0 Å². The van der Waals surface area contributed by atoms with Gasteiger partial charge in [0.2, 0.25) is 0 Å². The van der Waals surface area contributed by atoms with Crippen LogP contribution in [-0.4, -0.2) is 28.4 Å². The largest absolute Gasteiger partial charge is 0.341 e. The molecule has 0 spiro atoms. The second-order valence-corrected chi connectivity index (χ2v) is 6.35. The van der Waals surface area contributed by atoms with Crippen LogP contribution in [0, 0.1) is 0 Å². The number of aliphatic imine (C=N–C) groups is 1. The lowest BCUT2D eigenvalue weighted by molar-refractivity contribution is 0.309. The van der Waals surface area contributed by atoms with Gasteiger partial charge in [0, 0.05) is 17.3 Å². The van der Waals surface area contributed by atoms with Crippen LogP contribution in [0.2, 0.25) is 5.02 Å². The van der Waals surface area contributed by atoms with Gasteiger partial charge in [0.05, 0.1) is 12.1 Å². The van der Waals surface area contributed by atoms with E-state index < -0.39 is 0 Å². The van der Waals surface area contributed by atoms with Crippen LogP contribution in [-0.2, 0) is 6.42 Å². The van der Waals surface area contributed by atoms with Crippen molar-refractivity contribution >= 4 is 28.5 Å². The third-order valence-corrected chi connectivity index (χ3v) is 5.14. The highest BCUT2D eigenvalue weighted by Gasteiger charge is 2.42. The molecular formula is C13H13ClN2S. The number of benzene rings is 1. The molecule has 0 radical (unpaired) electrons. The molecule has 2 atom stereocenters. The smallest absolute Gasteiger partial charge is 0.160 e. The Morgan fingerprint density at radius 2 is 2.35 bits per heavy atom. The molecular weight excluding hydrogens is 252 g/mol. The number of hydrogen-bond acceptors (Lipinski definition) is 3. The lowest BCUT2D eigenvalue weighted by Gasteiger charge is -2.32. The first-order valence-corrected chi connectivity index (χ1v) is 7.45. The zero-order valence-corrected chi connectivity index (χ0v) is 11.0. The van der Waals surface area contributed by atoms with Gasteiger partial charge >= 0.3 is 0 Å². The Bertz CT molecular complexity index is 514. The summed E-state index contributed by atoms with van der Waals surface area (Å²) in [5, 5.41) is 2.12. The first-order valence-electron chi connectivity index (χ1n) is 6.08. The quantitative estimate of drug-likeness (QED) is 0.716. The normalized spacial score (nSPS) is 29.7. The second kappa shape index (κ2) is 3.66. The third kappa shape index (κ3) is 1.45. The Hall–Kier alpha value is -0.670. The van der Waals surface area contributed by atoms with E-state index in [1.165, 1.54) is 28.5 Å². The highest BCUT2D eigenvalue weighted by molar-refractivity contribution is 8.14. The highest BCUT2D eigenvalue weighted by Crippen LogP contribution is 2.44. The molecule has 88 valence electrons. The molecule has 2 heterocycles. The molecule has 1 aliphatic carbocycles. The topological polar surface area (TPSA) is 15.6 Å². The van der Waals surface area contributed by atoms with E-state index in [1.807, 2.05) is 17.8 Å². The van der Waals surface area contributed by atoms with Gasteiger partial charge in [0.1, 0.15) is 0 Å². The van der Waals surface area contributed by atoms with Crippen molar-refractivity contribution in [1.82, 2.24) is 4.90 Å². The number of thioether (sulfide) groups is 1. The van der Waals surface area contributed by atoms with Crippen molar-refractivity contribution in [1.29, 1.82) is 0 Å². The lowest BCUT2D eigenvalue weighted by Crippen LogP contribution is -2.33.